The molecule has 1 saturated heterocycles. The van der Waals surface area contributed by atoms with Crippen molar-refractivity contribution in [2.45, 2.75) is 13.3 Å². The molecule has 0 aromatic heterocycles. The fraction of sp³-hybridized carbons (Fsp3) is 0.417. The summed E-state index contributed by atoms with van der Waals surface area (Å²) < 4.78 is 13.3. The summed E-state index contributed by atoms with van der Waals surface area (Å²) in [7, 11) is 0. The fourth-order valence-corrected chi connectivity index (χ4v) is 1.85. The van der Waals surface area contributed by atoms with Crippen LogP contribution in [0.4, 0.5) is 10.1 Å². The number of carbonyl (C=O) groups is 1. The van der Waals surface area contributed by atoms with Crippen LogP contribution in [0.1, 0.15) is 13.3 Å². The zero-order valence-corrected chi connectivity index (χ0v) is 10.4. The topological polar surface area (TPSA) is 41.1 Å². The van der Waals surface area contributed by atoms with Crippen LogP contribution in [0.25, 0.3) is 0 Å². The zero-order chi connectivity index (χ0) is 11.6. The number of rotatable bonds is 2. The van der Waals surface area contributed by atoms with Crippen molar-refractivity contribution >= 4 is 24.0 Å². The fourth-order valence-electron chi connectivity index (χ4n) is 1.85. The van der Waals surface area contributed by atoms with Crippen LogP contribution in [-0.2, 0) is 4.79 Å². The van der Waals surface area contributed by atoms with Crippen molar-refractivity contribution in [1.82, 2.24) is 5.32 Å². The van der Waals surface area contributed by atoms with E-state index in [1.54, 1.807) is 18.2 Å². The molecule has 1 aromatic rings. The highest BCUT2D eigenvalue weighted by Gasteiger charge is 2.36. The molecule has 1 atom stereocenters. The Hall–Kier alpha value is -1.13. The summed E-state index contributed by atoms with van der Waals surface area (Å²) in [6, 6.07) is 6.21. The van der Waals surface area contributed by atoms with Gasteiger partial charge in [-0.2, -0.15) is 0 Å². The van der Waals surface area contributed by atoms with E-state index in [9.17, 15) is 9.18 Å². The summed E-state index contributed by atoms with van der Waals surface area (Å²) in [5.74, 6) is -0.520. The smallest absolute Gasteiger partial charge is 0.231 e. The van der Waals surface area contributed by atoms with Gasteiger partial charge >= 0.3 is 0 Å². The lowest BCUT2D eigenvalue weighted by Gasteiger charge is -2.21. The number of hydrogen-bond donors (Lipinski definition) is 2. The first-order valence-corrected chi connectivity index (χ1v) is 5.38. The number of halogens is 2. The predicted molar refractivity (Wildman–Crippen MR) is 67.9 cm³/mol. The Morgan fingerprint density at radius 3 is 2.76 bits per heavy atom. The zero-order valence-electron chi connectivity index (χ0n) is 9.63. The van der Waals surface area contributed by atoms with E-state index in [0.717, 1.165) is 13.0 Å². The number of benzene rings is 1. The van der Waals surface area contributed by atoms with Crippen LogP contribution in [0, 0.1) is 11.2 Å². The highest BCUT2D eigenvalue weighted by Crippen LogP contribution is 2.26. The Kier molecular flexibility index (Phi) is 4.48. The van der Waals surface area contributed by atoms with E-state index in [1.165, 1.54) is 6.07 Å². The summed E-state index contributed by atoms with van der Waals surface area (Å²) in [4.78, 5) is 12.0. The van der Waals surface area contributed by atoms with Gasteiger partial charge in [-0.1, -0.05) is 12.1 Å². The molecule has 17 heavy (non-hydrogen) atoms. The molecule has 0 radical (unpaired) electrons. The average molecular weight is 259 g/mol. The molecule has 0 aliphatic carbocycles. The Labute approximate surface area is 106 Å². The van der Waals surface area contributed by atoms with Crippen molar-refractivity contribution in [3.8, 4) is 0 Å². The Morgan fingerprint density at radius 2 is 2.18 bits per heavy atom. The molecule has 94 valence electrons. The molecule has 1 unspecified atom stereocenters. The second-order valence-corrected chi connectivity index (χ2v) is 4.42. The molecule has 5 heteroatoms. The van der Waals surface area contributed by atoms with E-state index in [2.05, 4.69) is 10.6 Å². The quantitative estimate of drug-likeness (QED) is 0.854. The molecule has 0 spiro atoms. The number of nitrogens with one attached hydrogen (secondary N) is 2. The average Bonchev–Trinajstić information content (AvgIpc) is 2.70. The van der Waals surface area contributed by atoms with E-state index in [1.807, 2.05) is 6.92 Å². The van der Waals surface area contributed by atoms with Crippen LogP contribution in [0.15, 0.2) is 24.3 Å². The lowest BCUT2D eigenvalue weighted by molar-refractivity contribution is -0.123. The van der Waals surface area contributed by atoms with Crippen LogP contribution in [-0.4, -0.2) is 19.0 Å². The van der Waals surface area contributed by atoms with Crippen LogP contribution in [0.5, 0.6) is 0 Å². The molecule has 1 fully saturated rings. The highest BCUT2D eigenvalue weighted by atomic mass is 35.5. The Morgan fingerprint density at radius 1 is 1.47 bits per heavy atom. The molecule has 1 amide bonds. The first-order chi connectivity index (χ1) is 7.62. The van der Waals surface area contributed by atoms with Crippen molar-refractivity contribution in [2.75, 3.05) is 18.4 Å². The van der Waals surface area contributed by atoms with Gasteiger partial charge in [-0.3, -0.25) is 4.79 Å². The predicted octanol–water partition coefficient (Wildman–Crippen LogP) is 2.19. The van der Waals surface area contributed by atoms with Gasteiger partial charge in [0.25, 0.3) is 0 Å². The van der Waals surface area contributed by atoms with Crippen molar-refractivity contribution in [2.24, 2.45) is 5.41 Å². The molecule has 2 N–H and O–H groups in total. The van der Waals surface area contributed by atoms with Gasteiger partial charge in [0, 0.05) is 6.54 Å². The molecule has 1 aliphatic heterocycles. The van der Waals surface area contributed by atoms with Gasteiger partial charge in [0.2, 0.25) is 5.91 Å². The van der Waals surface area contributed by atoms with Gasteiger partial charge in [-0.25, -0.2) is 4.39 Å². The van der Waals surface area contributed by atoms with Gasteiger partial charge in [-0.15, -0.1) is 12.4 Å². The molecular weight excluding hydrogens is 243 g/mol. The molecular formula is C12H16ClFN2O. The van der Waals surface area contributed by atoms with Gasteiger partial charge < -0.3 is 10.6 Å². The van der Waals surface area contributed by atoms with Crippen molar-refractivity contribution in [1.29, 1.82) is 0 Å². The summed E-state index contributed by atoms with van der Waals surface area (Å²) in [6.45, 7) is 3.37. The van der Waals surface area contributed by atoms with E-state index in [0.29, 0.717) is 6.54 Å². The molecule has 0 bridgehead atoms. The minimum absolute atomic E-state index is 0. The van der Waals surface area contributed by atoms with E-state index in [4.69, 9.17) is 0 Å². The summed E-state index contributed by atoms with van der Waals surface area (Å²) in [6.07, 6.45) is 0.785. The molecule has 0 saturated carbocycles. The Balaban J connectivity index is 0.00000144. The number of anilines is 1. The standard InChI is InChI=1S/C12H15FN2O.ClH/c1-12(6-7-14-8-12)11(16)15-10-5-3-2-4-9(10)13;/h2-5,14H,6-8H2,1H3,(H,15,16);1H. The van der Waals surface area contributed by atoms with Crippen molar-refractivity contribution in [3.05, 3.63) is 30.1 Å². The third-order valence-electron chi connectivity index (χ3n) is 3.04. The lowest BCUT2D eigenvalue weighted by Crippen LogP contribution is -2.35. The van der Waals surface area contributed by atoms with Crippen LogP contribution in [0.2, 0.25) is 0 Å². The molecule has 2 rings (SSSR count). The molecule has 3 nitrogen and oxygen atoms in total. The summed E-state index contributed by atoms with van der Waals surface area (Å²) in [5.41, 5.74) is -0.178. The minimum Gasteiger partial charge on any atom is -0.323 e. The maximum atomic E-state index is 13.3. The molecule has 1 aliphatic rings. The number of para-hydroxylation sites is 1. The summed E-state index contributed by atoms with van der Waals surface area (Å²) in [5, 5.41) is 5.78. The van der Waals surface area contributed by atoms with Crippen LogP contribution < -0.4 is 10.6 Å². The van der Waals surface area contributed by atoms with Gasteiger partial charge in [-0.05, 0) is 32.0 Å². The van der Waals surface area contributed by atoms with E-state index in [-0.39, 0.29) is 24.0 Å². The Bertz CT molecular complexity index is 405. The van der Waals surface area contributed by atoms with Crippen LogP contribution >= 0.6 is 12.4 Å². The first-order valence-electron chi connectivity index (χ1n) is 5.38. The van der Waals surface area contributed by atoms with Gasteiger partial charge in [0.05, 0.1) is 11.1 Å². The number of carbonyl (C=O) groups excluding carboxylic acids is 1. The monoisotopic (exact) mass is 258 g/mol. The van der Waals surface area contributed by atoms with Crippen LogP contribution in [0.3, 0.4) is 0 Å². The lowest BCUT2D eigenvalue weighted by atomic mass is 9.89. The maximum Gasteiger partial charge on any atom is 0.231 e. The second kappa shape index (κ2) is 5.47. The van der Waals surface area contributed by atoms with Crippen molar-refractivity contribution in [3.63, 3.8) is 0 Å². The first kappa shape index (κ1) is 13.9. The highest BCUT2D eigenvalue weighted by molar-refractivity contribution is 5.95. The number of amides is 1. The third-order valence-corrected chi connectivity index (χ3v) is 3.04. The van der Waals surface area contributed by atoms with Gasteiger partial charge in [0.15, 0.2) is 0 Å². The summed E-state index contributed by atoms with van der Waals surface area (Å²) >= 11 is 0. The van der Waals surface area contributed by atoms with Crippen molar-refractivity contribution < 1.29 is 9.18 Å². The third kappa shape index (κ3) is 2.96. The van der Waals surface area contributed by atoms with E-state index < -0.39 is 11.2 Å². The minimum atomic E-state index is -0.428. The molecule has 1 aromatic carbocycles. The van der Waals surface area contributed by atoms with Gasteiger partial charge in [0.1, 0.15) is 5.82 Å². The maximum absolute atomic E-state index is 13.3. The second-order valence-electron chi connectivity index (χ2n) is 4.42. The number of hydrogen-bond acceptors (Lipinski definition) is 2. The largest absolute Gasteiger partial charge is 0.323 e. The van der Waals surface area contributed by atoms with E-state index >= 15 is 0 Å². The SMILES string of the molecule is CC1(C(=O)Nc2ccccc2F)CCNC1.Cl. The molecule has 1 heterocycles. The normalized spacial score (nSPS) is 22.9.